The molecule has 104 valence electrons. The summed E-state index contributed by atoms with van der Waals surface area (Å²) in [5.74, 6) is -0.846. The van der Waals surface area contributed by atoms with E-state index >= 15 is 0 Å². The molecular weight excluding hydrogens is 242 g/mol. The van der Waals surface area contributed by atoms with Crippen LogP contribution in [0.2, 0.25) is 0 Å². The Morgan fingerprint density at radius 2 is 1.94 bits per heavy atom. The van der Waals surface area contributed by atoms with Crippen LogP contribution in [0.15, 0.2) is 4.99 Å². The first kappa shape index (κ1) is 15.2. The van der Waals surface area contributed by atoms with E-state index in [2.05, 4.69) is 4.99 Å². The van der Waals surface area contributed by atoms with Crippen molar-refractivity contribution in [1.29, 1.82) is 0 Å². The Balaban J connectivity index is 2.70. The van der Waals surface area contributed by atoms with Gasteiger partial charge in [-0.05, 0) is 6.92 Å². The van der Waals surface area contributed by atoms with Crippen LogP contribution >= 0.6 is 0 Å². The van der Waals surface area contributed by atoms with E-state index in [-0.39, 0.29) is 12.2 Å². The molecule has 0 unspecified atom stereocenters. The lowest BCUT2D eigenvalue weighted by Gasteiger charge is -2.40. The number of Topliss-reactive ketones (excluding diaryl/α,β-unsaturated/α-hetero) is 1. The molecule has 1 rings (SSSR count). The van der Waals surface area contributed by atoms with Crippen LogP contribution in [0.3, 0.4) is 0 Å². The number of rotatable bonds is 5. The maximum absolute atomic E-state index is 10.7. The largest absolute Gasteiger partial charge is 0.396 e. The van der Waals surface area contributed by atoms with Gasteiger partial charge in [0, 0.05) is 18.6 Å². The third-order valence-electron chi connectivity index (χ3n) is 2.89. The molecule has 0 aromatic heterocycles. The number of ether oxygens (including phenoxy) is 1. The number of ketones is 1. The topological polar surface area (TPSA) is 120 Å². The first-order chi connectivity index (χ1) is 8.51. The number of aliphatic hydroxyl groups is 4. The third kappa shape index (κ3) is 3.56. The molecule has 0 saturated carbocycles. The van der Waals surface area contributed by atoms with Gasteiger partial charge < -0.3 is 25.2 Å². The van der Waals surface area contributed by atoms with Crippen LogP contribution in [0.25, 0.3) is 0 Å². The van der Waals surface area contributed by atoms with E-state index < -0.39 is 43.7 Å². The normalized spacial score (nSPS) is 37.1. The van der Waals surface area contributed by atoms with E-state index in [0.29, 0.717) is 0 Å². The highest BCUT2D eigenvalue weighted by Crippen LogP contribution is 2.26. The van der Waals surface area contributed by atoms with Crippen molar-refractivity contribution in [3.63, 3.8) is 0 Å². The zero-order valence-corrected chi connectivity index (χ0v) is 10.1. The highest BCUT2D eigenvalue weighted by molar-refractivity contribution is 5.89. The molecule has 18 heavy (non-hydrogen) atoms. The summed E-state index contributed by atoms with van der Waals surface area (Å²) in [6, 6.07) is 0. The molecule has 0 aliphatic carbocycles. The monoisotopic (exact) mass is 261 g/mol. The lowest BCUT2D eigenvalue weighted by atomic mass is 9.89. The number of nitrogens with zero attached hydrogens (tertiary/aromatic N) is 1. The molecule has 0 bridgehead atoms. The first-order valence-corrected chi connectivity index (χ1v) is 5.75. The van der Waals surface area contributed by atoms with Gasteiger partial charge in [-0.3, -0.25) is 9.79 Å². The molecule has 1 heterocycles. The number of aliphatic hydroxyl groups excluding tert-OH is 4. The van der Waals surface area contributed by atoms with Gasteiger partial charge in [0.1, 0.15) is 11.9 Å². The molecule has 0 radical (unpaired) electrons. The van der Waals surface area contributed by atoms with Crippen molar-refractivity contribution in [3.8, 4) is 0 Å². The van der Waals surface area contributed by atoms with E-state index in [1.165, 1.54) is 13.1 Å². The Morgan fingerprint density at radius 1 is 1.28 bits per heavy atom. The third-order valence-corrected chi connectivity index (χ3v) is 2.89. The minimum absolute atomic E-state index is 0.0865. The maximum Gasteiger partial charge on any atom is 0.176 e. The molecule has 1 fully saturated rings. The summed E-state index contributed by atoms with van der Waals surface area (Å²) in [7, 11) is 0. The number of aliphatic imine (C=N–C) groups is 1. The molecule has 1 aliphatic heterocycles. The molecule has 7 nitrogen and oxygen atoms in total. The minimum atomic E-state index is -1.30. The Labute approximate surface area is 105 Å². The highest BCUT2D eigenvalue weighted by Gasteiger charge is 2.43. The standard InChI is InChI=1S/C11H19NO6/c1-6(15)2-3-12-11-10(17)9(16)7(4-13)8(5-14)18-11/h3,7-11,13-14,16-17H,2,4-5H2,1H3/t7-,8+,9+,10+,11+/m0/s1. The molecule has 0 amide bonds. The van der Waals surface area contributed by atoms with E-state index in [9.17, 15) is 15.0 Å². The zero-order chi connectivity index (χ0) is 13.7. The second-order valence-electron chi connectivity index (χ2n) is 4.31. The fourth-order valence-electron chi connectivity index (χ4n) is 1.81. The summed E-state index contributed by atoms with van der Waals surface area (Å²) in [6.45, 7) is 0.596. The van der Waals surface area contributed by atoms with Crippen LogP contribution < -0.4 is 0 Å². The Morgan fingerprint density at radius 3 is 2.44 bits per heavy atom. The molecule has 1 aliphatic rings. The number of hydrogen-bond donors (Lipinski definition) is 4. The summed E-state index contributed by atoms with van der Waals surface area (Å²) < 4.78 is 5.27. The van der Waals surface area contributed by atoms with Gasteiger partial charge in [0.2, 0.25) is 0 Å². The maximum atomic E-state index is 10.7. The van der Waals surface area contributed by atoms with Crippen LogP contribution in [-0.2, 0) is 9.53 Å². The van der Waals surface area contributed by atoms with Crippen molar-refractivity contribution in [3.05, 3.63) is 0 Å². The van der Waals surface area contributed by atoms with Gasteiger partial charge in [-0.15, -0.1) is 0 Å². The molecule has 7 heteroatoms. The Bertz CT molecular complexity index is 306. The minimum Gasteiger partial charge on any atom is -0.396 e. The summed E-state index contributed by atoms with van der Waals surface area (Å²) in [6.07, 6.45) is -2.97. The van der Waals surface area contributed by atoms with Crippen LogP contribution in [0.4, 0.5) is 0 Å². The molecule has 0 spiro atoms. The van der Waals surface area contributed by atoms with Crippen molar-refractivity contribution in [2.45, 2.75) is 37.9 Å². The van der Waals surface area contributed by atoms with Crippen molar-refractivity contribution in [2.24, 2.45) is 10.9 Å². The predicted molar refractivity (Wildman–Crippen MR) is 62.1 cm³/mol. The lowest BCUT2D eigenvalue weighted by molar-refractivity contribution is -0.211. The van der Waals surface area contributed by atoms with Gasteiger partial charge in [0.05, 0.1) is 25.4 Å². The average molecular weight is 261 g/mol. The number of hydrogen-bond acceptors (Lipinski definition) is 7. The SMILES string of the molecule is CC(=O)CC=N[C@@H]1O[C@H](CO)[C@H](CO)[C@@H](O)[C@H]1O. The summed E-state index contributed by atoms with van der Waals surface area (Å²) in [4.78, 5) is 14.6. The first-order valence-electron chi connectivity index (χ1n) is 5.75. The number of carbonyl (C=O) groups excluding carboxylic acids is 1. The Hall–Kier alpha value is -0.860. The van der Waals surface area contributed by atoms with Crippen molar-refractivity contribution >= 4 is 12.0 Å². The van der Waals surface area contributed by atoms with E-state index in [0.717, 1.165) is 0 Å². The molecule has 4 N–H and O–H groups in total. The van der Waals surface area contributed by atoms with Gasteiger partial charge in [-0.1, -0.05) is 0 Å². The number of carbonyl (C=O) groups is 1. The lowest BCUT2D eigenvalue weighted by Crippen LogP contribution is -2.56. The summed E-state index contributed by atoms with van der Waals surface area (Å²) in [5.41, 5.74) is 0. The van der Waals surface area contributed by atoms with E-state index in [1.807, 2.05) is 0 Å². The Kier molecular flexibility index (Phi) is 5.83. The summed E-state index contributed by atoms with van der Waals surface area (Å²) in [5, 5.41) is 37.7. The second-order valence-corrected chi connectivity index (χ2v) is 4.31. The fraction of sp³-hybridized carbons (Fsp3) is 0.818. The van der Waals surface area contributed by atoms with Crippen molar-refractivity contribution in [1.82, 2.24) is 0 Å². The molecular formula is C11H19NO6. The van der Waals surface area contributed by atoms with Crippen LogP contribution in [0.5, 0.6) is 0 Å². The van der Waals surface area contributed by atoms with Gasteiger partial charge in [-0.25, -0.2) is 0 Å². The van der Waals surface area contributed by atoms with Gasteiger partial charge in [0.25, 0.3) is 0 Å². The quantitative estimate of drug-likeness (QED) is 0.428. The molecule has 1 saturated heterocycles. The molecule has 5 atom stereocenters. The van der Waals surface area contributed by atoms with Crippen LogP contribution in [0, 0.1) is 5.92 Å². The van der Waals surface area contributed by atoms with Crippen molar-refractivity contribution < 1.29 is 30.0 Å². The highest BCUT2D eigenvalue weighted by atomic mass is 16.5. The average Bonchev–Trinajstić information content (AvgIpc) is 2.33. The molecule has 0 aromatic carbocycles. The second kappa shape index (κ2) is 6.91. The van der Waals surface area contributed by atoms with Crippen LogP contribution in [-0.4, -0.2) is 70.2 Å². The smallest absolute Gasteiger partial charge is 0.176 e. The van der Waals surface area contributed by atoms with Gasteiger partial charge in [-0.2, -0.15) is 0 Å². The van der Waals surface area contributed by atoms with E-state index in [1.54, 1.807) is 0 Å². The van der Waals surface area contributed by atoms with Gasteiger partial charge >= 0.3 is 0 Å². The van der Waals surface area contributed by atoms with Crippen LogP contribution in [0.1, 0.15) is 13.3 Å². The predicted octanol–water partition coefficient (Wildman–Crippen LogP) is -1.92. The van der Waals surface area contributed by atoms with E-state index in [4.69, 9.17) is 14.9 Å². The fourth-order valence-corrected chi connectivity index (χ4v) is 1.81. The van der Waals surface area contributed by atoms with Gasteiger partial charge in [0.15, 0.2) is 6.23 Å². The zero-order valence-electron chi connectivity index (χ0n) is 10.1. The van der Waals surface area contributed by atoms with Crippen molar-refractivity contribution in [2.75, 3.05) is 13.2 Å². The molecule has 0 aromatic rings. The summed E-state index contributed by atoms with van der Waals surface area (Å²) >= 11 is 0.